The Hall–Kier alpha value is -1.44. The van der Waals surface area contributed by atoms with E-state index < -0.39 is 261 Å². The molecule has 0 amide bonds. The van der Waals surface area contributed by atoms with E-state index in [2.05, 4.69) is 0 Å². The molecule has 78 heavy (non-hydrogen) atoms. The Morgan fingerprint density at radius 2 is 0.449 bits per heavy atom. The molecule has 7 saturated heterocycles. The van der Waals surface area contributed by atoms with Crippen molar-refractivity contribution in [2.75, 3.05) is 46.2 Å². The van der Waals surface area contributed by atoms with E-state index in [1.165, 1.54) is 0 Å². The molecule has 7 heterocycles. The van der Waals surface area contributed by atoms with Crippen molar-refractivity contribution in [2.45, 2.75) is 215 Å². The van der Waals surface area contributed by atoms with Gasteiger partial charge < -0.3 is 179 Å². The summed E-state index contributed by atoms with van der Waals surface area (Å²) in [6.07, 6.45) is -67.9. The zero-order chi connectivity index (χ0) is 57.3. The van der Waals surface area contributed by atoms with Crippen molar-refractivity contribution >= 4 is 0 Å². The summed E-state index contributed by atoms with van der Waals surface area (Å²) in [6, 6.07) is 0. The maximum atomic E-state index is 11.7. The maximum absolute atomic E-state index is 11.7. The first-order chi connectivity index (χ1) is 36.8. The smallest absolute Gasteiger partial charge is 0.187 e. The van der Waals surface area contributed by atoms with Crippen LogP contribution < -0.4 is 0 Å². The minimum Gasteiger partial charge on any atom is -0.394 e. The third-order valence-corrected chi connectivity index (χ3v) is 14.5. The van der Waals surface area contributed by atoms with Gasteiger partial charge in [0.2, 0.25) is 0 Å². The van der Waals surface area contributed by atoms with Crippen molar-refractivity contribution in [3.05, 3.63) is 0 Å². The molecule has 0 bridgehead atoms. The van der Waals surface area contributed by atoms with Gasteiger partial charge >= 0.3 is 0 Å². The molecule has 35 atom stereocenters. The molecule has 7 fully saturated rings. The predicted octanol–water partition coefficient (Wildman–Crippen LogP) is -16.3. The van der Waals surface area contributed by atoms with Gasteiger partial charge in [0.25, 0.3) is 0 Å². The Bertz CT molecular complexity index is 1810. The topological polar surface area (TPSA) is 585 Å². The van der Waals surface area contributed by atoms with E-state index in [9.17, 15) is 117 Å². The Labute approximate surface area is 439 Å². The summed E-state index contributed by atoms with van der Waals surface area (Å²) in [4.78, 5) is 0. The van der Waals surface area contributed by atoms with E-state index in [0.29, 0.717) is 0 Å². The zero-order valence-electron chi connectivity index (χ0n) is 40.8. The lowest BCUT2D eigenvalue weighted by Gasteiger charge is -2.48. The lowest BCUT2D eigenvalue weighted by molar-refractivity contribution is -0.379. The summed E-state index contributed by atoms with van der Waals surface area (Å²) in [6.45, 7) is -6.34. The second-order valence-electron chi connectivity index (χ2n) is 19.7. The third-order valence-electron chi connectivity index (χ3n) is 14.5. The quantitative estimate of drug-likeness (QED) is 0.0571. The van der Waals surface area contributed by atoms with Crippen molar-refractivity contribution in [3.8, 4) is 0 Å². The monoisotopic (exact) mass is 1150 g/mol. The van der Waals surface area contributed by atoms with Crippen LogP contribution in [0.3, 0.4) is 0 Å². The fourth-order valence-corrected chi connectivity index (χ4v) is 9.57. The van der Waals surface area contributed by atoms with E-state index in [1.54, 1.807) is 0 Å². The SMILES string of the molecule is OC[C@H]1O[C@@H](OC[C@H]2O[C@@H](OC[C@H]3O[C@@H](OC[C@H]4O[C@@H](OC[C@H]5O[C@@H](O)[C@H](O)[C@@H](O)[C@@H]5O)[C@H](O)[C@@H](O)[C@@H]4O)[C@H](O)[C@@H](O[C@@H]4O[C@H](CO)[C@@H](O)[C@H](O)[C@H]4O)[C@@H]3O)[C@H](O)[C@@H](O[C@@H]3O[C@H](CO)[C@@H](O)[C@H](O)[C@H]3O)[C@@H]2O)[C@H](O)[C@@H](O)[C@@H]1O. The van der Waals surface area contributed by atoms with Gasteiger partial charge in [-0.1, -0.05) is 0 Å². The second kappa shape index (κ2) is 27.5. The summed E-state index contributed by atoms with van der Waals surface area (Å²) in [5, 5.41) is 243. The van der Waals surface area contributed by atoms with Crippen LogP contribution in [0.2, 0.25) is 0 Å². The van der Waals surface area contributed by atoms with Gasteiger partial charge in [-0.3, -0.25) is 0 Å². The van der Waals surface area contributed by atoms with Crippen LogP contribution in [0.5, 0.6) is 0 Å². The van der Waals surface area contributed by atoms with Crippen LogP contribution in [0.1, 0.15) is 0 Å². The van der Waals surface area contributed by atoms with Gasteiger partial charge in [-0.15, -0.1) is 0 Å². The van der Waals surface area contributed by atoms with Gasteiger partial charge in [0.1, 0.15) is 171 Å². The van der Waals surface area contributed by atoms with Gasteiger partial charge in [-0.05, 0) is 0 Å². The maximum Gasteiger partial charge on any atom is 0.187 e. The molecule has 0 aliphatic carbocycles. The van der Waals surface area contributed by atoms with Crippen molar-refractivity contribution in [3.63, 3.8) is 0 Å². The van der Waals surface area contributed by atoms with Crippen molar-refractivity contribution in [1.29, 1.82) is 0 Å². The highest BCUT2D eigenvalue weighted by Crippen LogP contribution is 2.35. The van der Waals surface area contributed by atoms with Crippen LogP contribution in [-0.2, 0) is 61.6 Å². The highest BCUT2D eigenvalue weighted by atomic mass is 16.8. The van der Waals surface area contributed by atoms with Crippen LogP contribution >= 0.6 is 0 Å². The fraction of sp³-hybridized carbons (Fsp3) is 1.00. The normalized spacial score (nSPS) is 53.5. The first-order valence-corrected chi connectivity index (χ1v) is 24.6. The minimum absolute atomic E-state index is 0.772. The number of aliphatic hydroxyl groups excluding tert-OH is 23. The highest BCUT2D eigenvalue weighted by molar-refractivity contribution is 4.99. The molecular weight excluding hydrogens is 1080 g/mol. The summed E-state index contributed by atoms with van der Waals surface area (Å²) in [5.74, 6) is 0. The summed E-state index contributed by atoms with van der Waals surface area (Å²) in [7, 11) is 0. The molecule has 7 rings (SSSR count). The van der Waals surface area contributed by atoms with E-state index >= 15 is 0 Å². The van der Waals surface area contributed by atoms with Gasteiger partial charge in [0.15, 0.2) is 44.0 Å². The number of hydrogen-bond donors (Lipinski definition) is 23. The molecule has 0 unspecified atom stereocenters. The molecule has 7 aliphatic rings. The number of aliphatic hydroxyl groups is 23. The van der Waals surface area contributed by atoms with Crippen molar-refractivity contribution < 1.29 is 179 Å². The molecule has 36 nitrogen and oxygen atoms in total. The molecule has 0 radical (unpaired) electrons. The first-order valence-electron chi connectivity index (χ1n) is 24.6. The summed E-state index contributed by atoms with van der Waals surface area (Å²) < 4.78 is 72.4. The van der Waals surface area contributed by atoms with Crippen molar-refractivity contribution in [2.24, 2.45) is 0 Å². The van der Waals surface area contributed by atoms with Gasteiger partial charge in [0, 0.05) is 0 Å². The van der Waals surface area contributed by atoms with E-state index in [-0.39, 0.29) is 0 Å². The van der Waals surface area contributed by atoms with Crippen LogP contribution in [0.4, 0.5) is 0 Å². The number of ether oxygens (including phenoxy) is 13. The standard InChI is InChI=1S/C42H72O36/c43-1-8-15(46)23(54)28(59)37(71-8)67-6-13-20(51)34(77-41-30(61)24(55)16(47)9(2-44)72-41)33(64)40(75-13)69-7-14-21(52)35(78-42-31(62)25(56)17(48)10(3-45)73-42)32(63)39(76-14)68-5-12-19(50)26(57)29(60)38(74-12)66-4-11-18(49)22(53)27(58)36(65)70-11/h8-65H,1-7H2/t8-,9-,10-,11-,12-,13-,14-,15-,16-,17-,18-,19-,20-,21-,22+,23+,24+,25+,26+,27-,28-,29-,30-,31-,32-,33-,34+,35+,36-,37-,38-,39-,40-,41+,42+/m1/s1. The lowest BCUT2D eigenvalue weighted by Crippen LogP contribution is -2.66. The van der Waals surface area contributed by atoms with Gasteiger partial charge in [-0.25, -0.2) is 0 Å². The average Bonchev–Trinajstić information content (AvgIpc) is 3.52. The molecule has 456 valence electrons. The molecule has 0 saturated carbocycles. The summed E-state index contributed by atoms with van der Waals surface area (Å²) in [5.41, 5.74) is 0. The van der Waals surface area contributed by atoms with Crippen LogP contribution in [0.15, 0.2) is 0 Å². The van der Waals surface area contributed by atoms with Gasteiger partial charge in [0.05, 0.1) is 46.2 Å². The Kier molecular flexibility index (Phi) is 22.6. The Balaban J connectivity index is 1.10. The zero-order valence-corrected chi connectivity index (χ0v) is 40.8. The fourth-order valence-electron chi connectivity index (χ4n) is 9.57. The van der Waals surface area contributed by atoms with Crippen LogP contribution in [-0.4, -0.2) is 379 Å². The van der Waals surface area contributed by atoms with Crippen LogP contribution in [0.25, 0.3) is 0 Å². The lowest BCUT2D eigenvalue weighted by atomic mass is 9.96. The first kappa shape index (κ1) is 64.1. The molecule has 36 heteroatoms. The van der Waals surface area contributed by atoms with E-state index in [4.69, 9.17) is 61.6 Å². The number of rotatable bonds is 19. The van der Waals surface area contributed by atoms with E-state index in [1.807, 2.05) is 0 Å². The molecule has 0 aromatic rings. The number of hydrogen-bond acceptors (Lipinski definition) is 36. The molecule has 23 N–H and O–H groups in total. The third kappa shape index (κ3) is 13.5. The predicted molar refractivity (Wildman–Crippen MR) is 232 cm³/mol. The Morgan fingerprint density at radius 3 is 0.769 bits per heavy atom. The summed E-state index contributed by atoms with van der Waals surface area (Å²) >= 11 is 0. The molecular formula is C42H72O36. The van der Waals surface area contributed by atoms with E-state index in [0.717, 1.165) is 0 Å². The van der Waals surface area contributed by atoms with Crippen LogP contribution in [0, 0.1) is 0 Å². The average molecular weight is 1150 g/mol. The van der Waals surface area contributed by atoms with Gasteiger partial charge in [-0.2, -0.15) is 0 Å². The van der Waals surface area contributed by atoms with Crippen molar-refractivity contribution in [1.82, 2.24) is 0 Å². The molecule has 7 aliphatic heterocycles. The Morgan fingerprint density at radius 1 is 0.218 bits per heavy atom. The highest BCUT2D eigenvalue weighted by Gasteiger charge is 2.56. The molecule has 0 aromatic carbocycles. The molecule has 0 spiro atoms. The largest absolute Gasteiger partial charge is 0.394 e. The minimum atomic E-state index is -2.22. The second-order valence-corrected chi connectivity index (χ2v) is 19.7. The molecule has 0 aromatic heterocycles.